The third-order valence-corrected chi connectivity index (χ3v) is 9.64. The van der Waals surface area contributed by atoms with Crippen LogP contribution >= 0.6 is 22.9 Å². The van der Waals surface area contributed by atoms with Crippen molar-refractivity contribution < 1.29 is 35.5 Å². The summed E-state index contributed by atoms with van der Waals surface area (Å²) in [5.74, 6) is -0.935. The van der Waals surface area contributed by atoms with Gasteiger partial charge in [-0.1, -0.05) is 26.0 Å². The second-order valence-electron chi connectivity index (χ2n) is 11.9. The SMILES string of the molecule is CC(C)COC(=O)c1[nH]c2ccc(F)cc2c1/C(N)=C/N(I)CC1CCN(CCNS(=O)(=O)Cc2ccc(C(F)(F)F)cc2)CC1. The van der Waals surface area contributed by atoms with E-state index in [0.717, 1.165) is 38.1 Å². The minimum Gasteiger partial charge on any atom is -0.461 e. The second-order valence-corrected chi connectivity index (χ2v) is 14.9. The second kappa shape index (κ2) is 15.3. The first-order valence-corrected chi connectivity index (χ1v) is 17.5. The number of piperidine rings is 1. The van der Waals surface area contributed by atoms with E-state index in [-0.39, 0.29) is 30.3 Å². The van der Waals surface area contributed by atoms with Crippen LogP contribution in [0.3, 0.4) is 0 Å². The van der Waals surface area contributed by atoms with Crippen molar-refractivity contribution in [3.63, 3.8) is 0 Å². The number of esters is 1. The van der Waals surface area contributed by atoms with Gasteiger partial charge in [-0.05, 0) is 73.7 Å². The van der Waals surface area contributed by atoms with Gasteiger partial charge in [0.05, 0.1) is 46.5 Å². The van der Waals surface area contributed by atoms with Crippen LogP contribution in [0.1, 0.15) is 53.9 Å². The number of nitrogens with two attached hydrogens (primary N) is 1. The van der Waals surface area contributed by atoms with E-state index < -0.39 is 39.3 Å². The molecule has 0 amide bonds. The number of hydrogen-bond acceptors (Lipinski definition) is 7. The average Bonchev–Trinajstić information content (AvgIpc) is 3.35. The number of H-pyrrole nitrogens is 1. The van der Waals surface area contributed by atoms with Crippen molar-refractivity contribution in [2.75, 3.05) is 39.3 Å². The molecule has 0 unspecified atom stereocenters. The lowest BCUT2D eigenvalue weighted by atomic mass is 9.97. The number of carbonyl (C=O) groups is 1. The van der Waals surface area contributed by atoms with Crippen LogP contribution in [0.15, 0.2) is 48.7 Å². The molecule has 1 fully saturated rings. The molecule has 46 heavy (non-hydrogen) atoms. The lowest BCUT2D eigenvalue weighted by molar-refractivity contribution is -0.137. The number of benzene rings is 2. The first-order chi connectivity index (χ1) is 21.6. The van der Waals surface area contributed by atoms with Crippen LogP contribution in [0.2, 0.25) is 0 Å². The third-order valence-electron chi connectivity index (χ3n) is 7.61. The van der Waals surface area contributed by atoms with Gasteiger partial charge in [0.15, 0.2) is 0 Å². The van der Waals surface area contributed by atoms with E-state index in [1.54, 1.807) is 12.3 Å². The molecular formula is C31H38F4IN5O4S. The molecule has 1 aliphatic rings. The van der Waals surface area contributed by atoms with Gasteiger partial charge >= 0.3 is 12.1 Å². The number of aromatic nitrogens is 1. The Hall–Kier alpha value is -2.89. The zero-order valence-electron chi connectivity index (χ0n) is 25.5. The number of fused-ring (bicyclic) bond motifs is 1. The Morgan fingerprint density at radius 1 is 1.20 bits per heavy atom. The summed E-state index contributed by atoms with van der Waals surface area (Å²) in [5.41, 5.74) is 7.37. The van der Waals surface area contributed by atoms with Crippen LogP contribution < -0.4 is 10.5 Å². The number of aromatic amines is 1. The minimum absolute atomic E-state index is 0.142. The van der Waals surface area contributed by atoms with Gasteiger partial charge < -0.3 is 23.5 Å². The monoisotopic (exact) mass is 779 g/mol. The molecule has 0 bridgehead atoms. The molecule has 2 heterocycles. The highest BCUT2D eigenvalue weighted by atomic mass is 127. The van der Waals surface area contributed by atoms with E-state index in [9.17, 15) is 30.8 Å². The molecule has 1 aliphatic heterocycles. The Kier molecular flexibility index (Phi) is 12.0. The summed E-state index contributed by atoms with van der Waals surface area (Å²) in [5, 5.41) is 0.485. The Labute approximate surface area is 280 Å². The molecule has 0 radical (unpaired) electrons. The molecule has 4 rings (SSSR count). The maximum Gasteiger partial charge on any atom is 0.416 e. The fraction of sp³-hybridized carbons (Fsp3) is 0.452. The summed E-state index contributed by atoms with van der Waals surface area (Å²) < 4.78 is 87.2. The highest BCUT2D eigenvalue weighted by molar-refractivity contribution is 14.1. The maximum absolute atomic E-state index is 14.1. The van der Waals surface area contributed by atoms with Gasteiger partial charge in [0.1, 0.15) is 11.5 Å². The number of sulfonamides is 1. The van der Waals surface area contributed by atoms with Gasteiger partial charge in [0, 0.05) is 42.3 Å². The standard InChI is InChI=1S/C31H38F4IN5O4S/c1-20(2)18-45-30(42)29-28(25-15-24(32)7-8-27(25)39-29)26(37)17-41(36)16-21-9-12-40(13-10-21)14-11-38-46(43,44)19-22-3-5-23(6-4-22)31(33,34)35/h3-8,15,17,20-21,38-39H,9-14,16,18-19,37H2,1-2H3/b26-17-. The van der Waals surface area contributed by atoms with Crippen LogP contribution in [-0.4, -0.2) is 66.7 Å². The molecule has 0 aliphatic carbocycles. The van der Waals surface area contributed by atoms with Crippen molar-refractivity contribution in [2.45, 2.75) is 38.6 Å². The van der Waals surface area contributed by atoms with Gasteiger partial charge in [-0.15, -0.1) is 0 Å². The third kappa shape index (κ3) is 10.1. The highest BCUT2D eigenvalue weighted by Gasteiger charge is 2.30. The maximum atomic E-state index is 14.1. The molecule has 9 nitrogen and oxygen atoms in total. The Morgan fingerprint density at radius 2 is 1.87 bits per heavy atom. The van der Waals surface area contributed by atoms with Crippen LogP contribution in [0.5, 0.6) is 0 Å². The normalized spacial score (nSPS) is 15.5. The summed E-state index contributed by atoms with van der Waals surface area (Å²) in [7, 11) is -3.71. The van der Waals surface area contributed by atoms with Crippen molar-refractivity contribution >= 4 is 55.5 Å². The molecule has 2 aromatic carbocycles. The zero-order valence-corrected chi connectivity index (χ0v) is 28.5. The summed E-state index contributed by atoms with van der Waals surface area (Å²) >= 11 is 2.15. The van der Waals surface area contributed by atoms with E-state index in [2.05, 4.69) is 37.5 Å². The number of nitrogens with one attached hydrogen (secondary N) is 2. The van der Waals surface area contributed by atoms with E-state index in [1.165, 1.54) is 24.3 Å². The lowest BCUT2D eigenvalue weighted by Crippen LogP contribution is -2.41. The van der Waals surface area contributed by atoms with E-state index in [0.29, 0.717) is 41.2 Å². The molecule has 0 saturated carbocycles. The van der Waals surface area contributed by atoms with Crippen molar-refractivity contribution in [2.24, 2.45) is 17.6 Å². The van der Waals surface area contributed by atoms with E-state index in [1.807, 2.05) is 17.0 Å². The molecular weight excluding hydrogens is 741 g/mol. The molecule has 1 saturated heterocycles. The van der Waals surface area contributed by atoms with Gasteiger partial charge in [-0.3, -0.25) is 0 Å². The van der Waals surface area contributed by atoms with Crippen LogP contribution in [-0.2, 0) is 26.7 Å². The molecule has 1 aromatic heterocycles. The fourth-order valence-corrected chi connectivity index (χ4v) is 7.25. The van der Waals surface area contributed by atoms with Crippen LogP contribution in [0.25, 0.3) is 16.6 Å². The molecule has 3 aromatic rings. The number of rotatable bonds is 13. The molecule has 15 heteroatoms. The number of ether oxygens (including phenoxy) is 1. The summed E-state index contributed by atoms with van der Waals surface area (Å²) in [6, 6.07) is 8.30. The predicted molar refractivity (Wildman–Crippen MR) is 178 cm³/mol. The Balaban J connectivity index is 1.28. The first kappa shape index (κ1) is 36.0. The molecule has 0 atom stereocenters. The summed E-state index contributed by atoms with van der Waals surface area (Å²) in [6.45, 7) is 7.00. The molecule has 252 valence electrons. The fourth-order valence-electron chi connectivity index (χ4n) is 5.26. The van der Waals surface area contributed by atoms with Gasteiger partial charge in [-0.2, -0.15) is 13.2 Å². The zero-order chi connectivity index (χ0) is 33.6. The number of alkyl halides is 3. The number of nitrogens with zero attached hydrogens (tertiary/aromatic N) is 2. The van der Waals surface area contributed by atoms with Crippen molar-refractivity contribution in [3.05, 3.63) is 76.9 Å². The first-order valence-electron chi connectivity index (χ1n) is 14.9. The smallest absolute Gasteiger partial charge is 0.416 e. The van der Waals surface area contributed by atoms with Gasteiger partial charge in [-0.25, -0.2) is 22.3 Å². The van der Waals surface area contributed by atoms with Crippen LogP contribution in [0.4, 0.5) is 17.6 Å². The van der Waals surface area contributed by atoms with Crippen molar-refractivity contribution in [3.8, 4) is 0 Å². The van der Waals surface area contributed by atoms with Crippen molar-refractivity contribution in [1.82, 2.24) is 17.7 Å². The topological polar surface area (TPSA) is 121 Å². The van der Waals surface area contributed by atoms with E-state index in [4.69, 9.17) is 10.5 Å². The Morgan fingerprint density at radius 3 is 2.50 bits per heavy atom. The van der Waals surface area contributed by atoms with Gasteiger partial charge in [0.2, 0.25) is 10.0 Å². The molecule has 0 spiro atoms. The summed E-state index contributed by atoms with van der Waals surface area (Å²) in [4.78, 5) is 18.1. The summed E-state index contributed by atoms with van der Waals surface area (Å²) in [6.07, 6.45) is -1.01. The number of hydrogen-bond donors (Lipinski definition) is 3. The van der Waals surface area contributed by atoms with Gasteiger partial charge in [0.25, 0.3) is 0 Å². The van der Waals surface area contributed by atoms with E-state index >= 15 is 0 Å². The minimum atomic E-state index is -4.48. The lowest BCUT2D eigenvalue weighted by Gasteiger charge is -2.33. The average molecular weight is 780 g/mol. The quantitative estimate of drug-likeness (QED) is 0.0859. The highest BCUT2D eigenvalue weighted by Crippen LogP contribution is 2.31. The molecule has 4 N–H and O–H groups in total. The van der Waals surface area contributed by atoms with Crippen LogP contribution in [0, 0.1) is 17.7 Å². The number of likely N-dealkylation sites (tertiary alicyclic amines) is 1. The van der Waals surface area contributed by atoms with Crippen molar-refractivity contribution in [1.29, 1.82) is 0 Å². The predicted octanol–water partition coefficient (Wildman–Crippen LogP) is 5.88. The Bertz CT molecular complexity index is 1640. The number of halogens is 5. The number of carbonyl (C=O) groups excluding carboxylic acids is 1. The largest absolute Gasteiger partial charge is 0.461 e.